The van der Waals surface area contributed by atoms with E-state index in [1.807, 2.05) is 18.2 Å². The van der Waals surface area contributed by atoms with Gasteiger partial charge in [-0.1, -0.05) is 5.16 Å². The predicted octanol–water partition coefficient (Wildman–Crippen LogP) is 1.36. The number of carbonyl (C=O) groups is 1. The quantitative estimate of drug-likeness (QED) is 0.859. The highest BCUT2D eigenvalue weighted by Crippen LogP contribution is 2.34. The third-order valence-corrected chi connectivity index (χ3v) is 5.18. The normalized spacial score (nSPS) is 21.8. The van der Waals surface area contributed by atoms with Gasteiger partial charge in [0.2, 0.25) is 5.91 Å². The molecule has 0 spiro atoms. The van der Waals surface area contributed by atoms with Crippen LogP contribution in [0.25, 0.3) is 11.5 Å². The van der Waals surface area contributed by atoms with Gasteiger partial charge in [0.15, 0.2) is 5.82 Å². The zero-order valence-corrected chi connectivity index (χ0v) is 13.5. The van der Waals surface area contributed by atoms with Crippen LogP contribution in [0.5, 0.6) is 0 Å². The first-order valence-corrected chi connectivity index (χ1v) is 8.51. The van der Waals surface area contributed by atoms with E-state index >= 15 is 0 Å². The third kappa shape index (κ3) is 2.85. The first-order valence-electron chi connectivity index (χ1n) is 7.52. The first kappa shape index (κ1) is 14.7. The molecule has 0 saturated carbocycles. The van der Waals surface area contributed by atoms with Gasteiger partial charge >= 0.3 is 0 Å². The number of hydrogen-bond donors (Lipinski definition) is 2. The van der Waals surface area contributed by atoms with Gasteiger partial charge in [0.25, 0.3) is 5.89 Å². The molecule has 8 heteroatoms. The second-order valence-corrected chi connectivity index (χ2v) is 6.72. The van der Waals surface area contributed by atoms with E-state index in [4.69, 9.17) is 4.52 Å². The minimum atomic E-state index is 0.0146. The Labute approximate surface area is 137 Å². The van der Waals surface area contributed by atoms with Crippen molar-refractivity contribution in [3.05, 3.63) is 24.0 Å². The molecule has 23 heavy (non-hydrogen) atoms. The molecule has 7 nitrogen and oxygen atoms in total. The molecule has 1 saturated heterocycles. The topological polar surface area (TPSA) is 83.3 Å². The fraction of sp³-hybridized carbons (Fsp3) is 0.400. The SMILES string of the molecule is CN1CCNCC1c1noc(-c2ccc3c(c2)NC(=O)CS3)n1. The second-order valence-electron chi connectivity index (χ2n) is 5.71. The van der Waals surface area contributed by atoms with E-state index in [1.54, 1.807) is 0 Å². The Bertz CT molecular complexity index is 747. The summed E-state index contributed by atoms with van der Waals surface area (Å²) in [4.78, 5) is 19.3. The summed E-state index contributed by atoms with van der Waals surface area (Å²) in [5.41, 5.74) is 1.62. The predicted molar refractivity (Wildman–Crippen MR) is 87.3 cm³/mol. The molecule has 120 valence electrons. The molecule has 1 fully saturated rings. The fourth-order valence-corrected chi connectivity index (χ4v) is 3.59. The highest BCUT2D eigenvalue weighted by atomic mass is 32.2. The van der Waals surface area contributed by atoms with Gasteiger partial charge in [0.05, 0.1) is 17.5 Å². The summed E-state index contributed by atoms with van der Waals surface area (Å²) < 4.78 is 5.44. The van der Waals surface area contributed by atoms with E-state index in [0.717, 1.165) is 35.8 Å². The number of hydrogen-bond acceptors (Lipinski definition) is 7. The highest BCUT2D eigenvalue weighted by molar-refractivity contribution is 8.00. The molecular weight excluding hydrogens is 314 g/mol. The molecule has 4 rings (SSSR count). The Morgan fingerprint density at radius 2 is 2.35 bits per heavy atom. The largest absolute Gasteiger partial charge is 0.334 e. The number of piperazine rings is 1. The van der Waals surface area contributed by atoms with Crippen molar-refractivity contribution in [3.8, 4) is 11.5 Å². The number of thioether (sulfide) groups is 1. The van der Waals surface area contributed by atoms with Crippen LogP contribution in [0.4, 0.5) is 5.69 Å². The van der Waals surface area contributed by atoms with E-state index < -0.39 is 0 Å². The van der Waals surface area contributed by atoms with Gasteiger partial charge in [-0.3, -0.25) is 9.69 Å². The van der Waals surface area contributed by atoms with Crippen LogP contribution in [-0.2, 0) is 4.79 Å². The minimum Gasteiger partial charge on any atom is -0.334 e. The standard InChI is InChI=1S/C15H17N5O2S/c1-20-5-4-16-7-11(20)14-18-15(22-19-14)9-2-3-12-10(6-9)17-13(21)8-23-12/h2-3,6,11,16H,4-5,7-8H2,1H3,(H,17,21). The lowest BCUT2D eigenvalue weighted by Crippen LogP contribution is -2.44. The van der Waals surface area contributed by atoms with Crippen LogP contribution in [0.15, 0.2) is 27.6 Å². The van der Waals surface area contributed by atoms with Crippen LogP contribution in [0.2, 0.25) is 0 Å². The molecule has 0 radical (unpaired) electrons. The zero-order chi connectivity index (χ0) is 15.8. The van der Waals surface area contributed by atoms with Gasteiger partial charge in [-0.2, -0.15) is 4.98 Å². The number of amides is 1. The van der Waals surface area contributed by atoms with Crippen molar-refractivity contribution in [2.75, 3.05) is 37.8 Å². The van der Waals surface area contributed by atoms with Crippen LogP contribution >= 0.6 is 11.8 Å². The average molecular weight is 331 g/mol. The van der Waals surface area contributed by atoms with Crippen molar-refractivity contribution in [2.45, 2.75) is 10.9 Å². The summed E-state index contributed by atoms with van der Waals surface area (Å²) in [5.74, 6) is 1.64. The smallest absolute Gasteiger partial charge is 0.258 e. The van der Waals surface area contributed by atoms with Crippen molar-refractivity contribution in [3.63, 3.8) is 0 Å². The molecule has 3 heterocycles. The Morgan fingerprint density at radius 3 is 3.22 bits per heavy atom. The Kier molecular flexibility index (Phi) is 3.80. The van der Waals surface area contributed by atoms with E-state index in [9.17, 15) is 4.79 Å². The summed E-state index contributed by atoms with van der Waals surface area (Å²) in [6.45, 7) is 2.74. The van der Waals surface area contributed by atoms with Crippen molar-refractivity contribution >= 4 is 23.4 Å². The highest BCUT2D eigenvalue weighted by Gasteiger charge is 2.26. The summed E-state index contributed by atoms with van der Waals surface area (Å²) in [7, 11) is 2.06. The molecule has 1 aromatic heterocycles. The van der Waals surface area contributed by atoms with Crippen LogP contribution in [0.3, 0.4) is 0 Å². The molecular formula is C15H17N5O2S. The molecule has 2 aliphatic heterocycles. The number of carbonyl (C=O) groups excluding carboxylic acids is 1. The minimum absolute atomic E-state index is 0.0146. The number of aromatic nitrogens is 2. The summed E-state index contributed by atoms with van der Waals surface area (Å²) in [6.07, 6.45) is 0. The molecule has 1 aromatic carbocycles. The third-order valence-electron chi connectivity index (χ3n) is 4.11. The summed E-state index contributed by atoms with van der Waals surface area (Å²) >= 11 is 1.54. The molecule has 0 aliphatic carbocycles. The van der Waals surface area contributed by atoms with E-state index in [1.165, 1.54) is 11.8 Å². The molecule has 2 aliphatic rings. The number of benzene rings is 1. The Hall–Kier alpha value is -1.90. The molecule has 0 bridgehead atoms. The second kappa shape index (κ2) is 5.95. The maximum atomic E-state index is 11.5. The van der Waals surface area contributed by atoms with Gasteiger partial charge in [0, 0.05) is 30.1 Å². The van der Waals surface area contributed by atoms with Gasteiger partial charge in [-0.15, -0.1) is 11.8 Å². The first-order chi connectivity index (χ1) is 11.2. The number of nitrogens with one attached hydrogen (secondary N) is 2. The van der Waals surface area contributed by atoms with E-state index in [-0.39, 0.29) is 11.9 Å². The van der Waals surface area contributed by atoms with Crippen molar-refractivity contribution in [1.82, 2.24) is 20.4 Å². The summed E-state index contributed by atoms with van der Waals surface area (Å²) in [5, 5.41) is 10.4. The lowest BCUT2D eigenvalue weighted by Gasteiger charge is -2.30. The van der Waals surface area contributed by atoms with E-state index in [0.29, 0.717) is 17.5 Å². The van der Waals surface area contributed by atoms with Gasteiger partial charge < -0.3 is 15.2 Å². The van der Waals surface area contributed by atoms with Crippen LogP contribution in [0, 0.1) is 0 Å². The monoisotopic (exact) mass is 331 g/mol. The molecule has 1 amide bonds. The molecule has 2 N–H and O–H groups in total. The van der Waals surface area contributed by atoms with Gasteiger partial charge in [0.1, 0.15) is 0 Å². The molecule has 2 aromatic rings. The van der Waals surface area contributed by atoms with Crippen molar-refractivity contribution in [1.29, 1.82) is 0 Å². The molecule has 1 unspecified atom stereocenters. The number of fused-ring (bicyclic) bond motifs is 1. The van der Waals surface area contributed by atoms with Gasteiger partial charge in [-0.05, 0) is 25.2 Å². The maximum Gasteiger partial charge on any atom is 0.258 e. The molecule has 1 atom stereocenters. The van der Waals surface area contributed by atoms with Gasteiger partial charge in [-0.25, -0.2) is 0 Å². The van der Waals surface area contributed by atoms with Crippen LogP contribution in [-0.4, -0.2) is 53.4 Å². The van der Waals surface area contributed by atoms with E-state index in [2.05, 4.69) is 32.7 Å². The van der Waals surface area contributed by atoms with Crippen LogP contribution < -0.4 is 10.6 Å². The lowest BCUT2D eigenvalue weighted by molar-refractivity contribution is -0.113. The number of likely N-dealkylation sites (N-methyl/N-ethyl adjacent to an activating group) is 1. The zero-order valence-electron chi connectivity index (χ0n) is 12.7. The van der Waals surface area contributed by atoms with Crippen molar-refractivity contribution in [2.24, 2.45) is 0 Å². The number of anilines is 1. The summed E-state index contributed by atoms with van der Waals surface area (Å²) in [6, 6.07) is 5.93. The average Bonchev–Trinajstić information content (AvgIpc) is 3.04. The lowest BCUT2D eigenvalue weighted by atomic mass is 10.2. The Morgan fingerprint density at radius 1 is 1.43 bits per heavy atom. The maximum absolute atomic E-state index is 11.5. The van der Waals surface area contributed by atoms with Crippen molar-refractivity contribution < 1.29 is 9.32 Å². The number of rotatable bonds is 2. The Balaban J connectivity index is 1.61. The fourth-order valence-electron chi connectivity index (χ4n) is 2.80. The number of nitrogens with zero attached hydrogens (tertiary/aromatic N) is 3. The van der Waals surface area contributed by atoms with Crippen LogP contribution in [0.1, 0.15) is 11.9 Å².